The standard InChI is InChI=1S/C10H12ClNO4S/c1-7-2-3-9(8(11)6-7)12-17(15,16)5-4-10(13)14/h2-3,6,12H,4-5H2,1H3,(H,13,14). The first-order valence-corrected chi connectivity index (χ1v) is 6.81. The zero-order valence-electron chi connectivity index (χ0n) is 9.10. The lowest BCUT2D eigenvalue weighted by Gasteiger charge is -2.09. The Hall–Kier alpha value is -1.27. The summed E-state index contributed by atoms with van der Waals surface area (Å²) in [4.78, 5) is 10.3. The van der Waals surface area contributed by atoms with Gasteiger partial charge in [0.1, 0.15) is 0 Å². The molecule has 1 aromatic carbocycles. The van der Waals surface area contributed by atoms with Gasteiger partial charge in [0.2, 0.25) is 10.0 Å². The van der Waals surface area contributed by atoms with Crippen molar-refractivity contribution in [1.29, 1.82) is 0 Å². The molecule has 94 valence electrons. The summed E-state index contributed by atoms with van der Waals surface area (Å²) >= 11 is 5.86. The van der Waals surface area contributed by atoms with Gasteiger partial charge >= 0.3 is 5.97 Å². The van der Waals surface area contributed by atoms with Crippen LogP contribution in [0.3, 0.4) is 0 Å². The van der Waals surface area contributed by atoms with Crippen LogP contribution in [-0.4, -0.2) is 25.2 Å². The van der Waals surface area contributed by atoms with E-state index in [4.69, 9.17) is 16.7 Å². The van der Waals surface area contributed by atoms with Gasteiger partial charge in [0.15, 0.2) is 0 Å². The van der Waals surface area contributed by atoms with Gasteiger partial charge in [0.05, 0.1) is 22.9 Å². The Morgan fingerprint density at radius 3 is 2.65 bits per heavy atom. The molecule has 0 aromatic heterocycles. The van der Waals surface area contributed by atoms with E-state index in [0.29, 0.717) is 0 Å². The van der Waals surface area contributed by atoms with Crippen molar-refractivity contribution in [3.63, 3.8) is 0 Å². The number of hydrogen-bond acceptors (Lipinski definition) is 3. The number of carbonyl (C=O) groups is 1. The van der Waals surface area contributed by atoms with Gasteiger partial charge in [0, 0.05) is 0 Å². The fourth-order valence-corrected chi connectivity index (χ4v) is 2.54. The zero-order valence-corrected chi connectivity index (χ0v) is 10.7. The number of rotatable bonds is 5. The van der Waals surface area contributed by atoms with Gasteiger partial charge in [-0.05, 0) is 24.6 Å². The maximum atomic E-state index is 11.5. The third kappa shape index (κ3) is 4.62. The van der Waals surface area contributed by atoms with Crippen LogP contribution in [0.1, 0.15) is 12.0 Å². The Morgan fingerprint density at radius 2 is 2.12 bits per heavy atom. The molecular formula is C10H12ClNO4S. The molecule has 0 amide bonds. The average molecular weight is 278 g/mol. The van der Waals surface area contributed by atoms with Gasteiger partial charge in [-0.3, -0.25) is 9.52 Å². The van der Waals surface area contributed by atoms with E-state index in [9.17, 15) is 13.2 Å². The topological polar surface area (TPSA) is 83.5 Å². The minimum absolute atomic E-state index is 0.252. The first-order valence-electron chi connectivity index (χ1n) is 4.78. The molecule has 1 rings (SSSR count). The van der Waals surface area contributed by atoms with Crippen molar-refractivity contribution < 1.29 is 18.3 Å². The predicted octanol–water partition coefficient (Wildman–Crippen LogP) is 1.86. The minimum Gasteiger partial charge on any atom is -0.481 e. The van der Waals surface area contributed by atoms with Gasteiger partial charge in [-0.25, -0.2) is 8.42 Å². The highest BCUT2D eigenvalue weighted by atomic mass is 35.5. The van der Waals surface area contributed by atoms with Crippen LogP contribution in [0.25, 0.3) is 0 Å². The van der Waals surface area contributed by atoms with E-state index in [0.717, 1.165) is 5.56 Å². The van der Waals surface area contributed by atoms with E-state index in [2.05, 4.69) is 4.72 Å². The average Bonchev–Trinajstić information content (AvgIpc) is 2.20. The number of anilines is 1. The number of hydrogen-bond donors (Lipinski definition) is 2. The van der Waals surface area contributed by atoms with E-state index >= 15 is 0 Å². The molecule has 0 radical (unpaired) electrons. The second-order valence-electron chi connectivity index (χ2n) is 3.55. The smallest absolute Gasteiger partial charge is 0.304 e. The molecule has 7 heteroatoms. The number of sulfonamides is 1. The Kier molecular flexibility index (Phi) is 4.36. The Bertz CT molecular complexity index is 527. The van der Waals surface area contributed by atoms with E-state index in [-0.39, 0.29) is 10.7 Å². The SMILES string of the molecule is Cc1ccc(NS(=O)(=O)CCC(=O)O)c(Cl)c1. The van der Waals surface area contributed by atoms with Crippen LogP contribution >= 0.6 is 11.6 Å². The quantitative estimate of drug-likeness (QED) is 0.860. The van der Waals surface area contributed by atoms with Gasteiger partial charge in [-0.2, -0.15) is 0 Å². The molecule has 0 unspecified atom stereocenters. The fourth-order valence-electron chi connectivity index (χ4n) is 1.14. The maximum absolute atomic E-state index is 11.5. The molecule has 17 heavy (non-hydrogen) atoms. The van der Waals surface area contributed by atoms with Crippen LogP contribution in [-0.2, 0) is 14.8 Å². The largest absolute Gasteiger partial charge is 0.481 e. The number of aliphatic carboxylic acids is 1. The summed E-state index contributed by atoms with van der Waals surface area (Å²) in [7, 11) is -3.68. The molecule has 0 spiro atoms. The molecule has 0 bridgehead atoms. The summed E-state index contributed by atoms with van der Waals surface area (Å²) in [6, 6.07) is 4.87. The van der Waals surface area contributed by atoms with Crippen molar-refractivity contribution >= 4 is 33.3 Å². The number of nitrogens with one attached hydrogen (secondary N) is 1. The van der Waals surface area contributed by atoms with E-state index < -0.39 is 28.2 Å². The van der Waals surface area contributed by atoms with Crippen LogP contribution in [0.2, 0.25) is 5.02 Å². The zero-order chi connectivity index (χ0) is 13.1. The highest BCUT2D eigenvalue weighted by Crippen LogP contribution is 2.23. The molecule has 2 N–H and O–H groups in total. The second kappa shape index (κ2) is 5.37. The predicted molar refractivity (Wildman–Crippen MR) is 65.9 cm³/mol. The second-order valence-corrected chi connectivity index (χ2v) is 5.80. The molecule has 0 aliphatic rings. The molecule has 1 aromatic rings. The van der Waals surface area contributed by atoms with Crippen molar-refractivity contribution in [2.45, 2.75) is 13.3 Å². The minimum atomic E-state index is -3.68. The number of aryl methyl sites for hydroxylation is 1. The fraction of sp³-hybridized carbons (Fsp3) is 0.300. The van der Waals surface area contributed by atoms with Gasteiger partial charge < -0.3 is 5.11 Å². The lowest BCUT2D eigenvalue weighted by molar-refractivity contribution is -0.136. The molecular weight excluding hydrogens is 266 g/mol. The van der Waals surface area contributed by atoms with E-state index in [1.54, 1.807) is 12.1 Å². The van der Waals surface area contributed by atoms with Crippen molar-refractivity contribution in [2.24, 2.45) is 0 Å². The monoisotopic (exact) mass is 277 g/mol. The van der Waals surface area contributed by atoms with Crippen LogP contribution in [0.4, 0.5) is 5.69 Å². The van der Waals surface area contributed by atoms with Crippen LogP contribution in [0.5, 0.6) is 0 Å². The lowest BCUT2D eigenvalue weighted by Crippen LogP contribution is -2.19. The summed E-state index contributed by atoms with van der Waals surface area (Å²) in [6.07, 6.45) is -0.446. The lowest BCUT2D eigenvalue weighted by atomic mass is 10.2. The molecule has 0 heterocycles. The maximum Gasteiger partial charge on any atom is 0.304 e. The Morgan fingerprint density at radius 1 is 1.47 bits per heavy atom. The van der Waals surface area contributed by atoms with E-state index in [1.807, 2.05) is 6.92 Å². The highest BCUT2D eigenvalue weighted by molar-refractivity contribution is 7.92. The summed E-state index contributed by atoms with van der Waals surface area (Å²) < 4.78 is 25.3. The highest BCUT2D eigenvalue weighted by Gasteiger charge is 2.14. The molecule has 0 saturated carbocycles. The molecule has 0 aliphatic carbocycles. The van der Waals surface area contributed by atoms with Crippen LogP contribution < -0.4 is 4.72 Å². The van der Waals surface area contributed by atoms with Crippen molar-refractivity contribution in [2.75, 3.05) is 10.5 Å². The third-order valence-corrected chi connectivity index (χ3v) is 3.56. The first kappa shape index (κ1) is 13.8. The van der Waals surface area contributed by atoms with Gasteiger partial charge in [-0.1, -0.05) is 17.7 Å². The van der Waals surface area contributed by atoms with Crippen molar-refractivity contribution in [1.82, 2.24) is 0 Å². The molecule has 0 aliphatic heterocycles. The molecule has 5 nitrogen and oxygen atoms in total. The number of benzene rings is 1. The summed E-state index contributed by atoms with van der Waals surface area (Å²) in [5, 5.41) is 8.70. The van der Waals surface area contributed by atoms with Crippen LogP contribution in [0, 0.1) is 6.92 Å². The third-order valence-electron chi connectivity index (χ3n) is 1.97. The number of carboxylic acid groups (broad SMARTS) is 1. The Balaban J connectivity index is 2.79. The van der Waals surface area contributed by atoms with Crippen molar-refractivity contribution in [3.05, 3.63) is 28.8 Å². The van der Waals surface area contributed by atoms with Crippen LogP contribution in [0.15, 0.2) is 18.2 Å². The Labute approximate surface area is 104 Å². The van der Waals surface area contributed by atoms with Gasteiger partial charge in [-0.15, -0.1) is 0 Å². The number of carboxylic acids is 1. The normalized spacial score (nSPS) is 11.2. The van der Waals surface area contributed by atoms with Gasteiger partial charge in [0.25, 0.3) is 0 Å². The van der Waals surface area contributed by atoms with E-state index in [1.165, 1.54) is 6.07 Å². The molecule has 0 fully saturated rings. The summed E-state index contributed by atoms with van der Waals surface area (Å²) in [6.45, 7) is 1.83. The molecule has 0 saturated heterocycles. The summed E-state index contributed by atoms with van der Waals surface area (Å²) in [5.41, 5.74) is 1.16. The van der Waals surface area contributed by atoms with Crippen molar-refractivity contribution in [3.8, 4) is 0 Å². The number of halogens is 1. The summed E-state index contributed by atoms with van der Waals surface area (Å²) in [5.74, 6) is -1.64. The molecule has 0 atom stereocenters. The first-order chi connectivity index (χ1) is 7.80.